The van der Waals surface area contributed by atoms with E-state index in [1.165, 1.54) is 49.3 Å². The molecule has 0 bridgehead atoms. The van der Waals surface area contributed by atoms with Crippen molar-refractivity contribution >= 4 is 116 Å². The highest BCUT2D eigenvalue weighted by atomic mass is 32.1. The van der Waals surface area contributed by atoms with Gasteiger partial charge in [0.2, 0.25) is 0 Å². The minimum absolute atomic E-state index is 0.0132. The van der Waals surface area contributed by atoms with Crippen molar-refractivity contribution in [2.24, 2.45) is 0 Å². The Morgan fingerprint density at radius 1 is 0.519 bits per heavy atom. The first-order valence-corrected chi connectivity index (χ1v) is 18.9. The Balaban J connectivity index is 1.08. The van der Waals surface area contributed by atoms with Gasteiger partial charge in [0.1, 0.15) is 6.33 Å². The zero-order valence-corrected chi connectivity index (χ0v) is 29.2. The van der Waals surface area contributed by atoms with E-state index in [0.717, 1.165) is 43.5 Å². The zero-order valence-electron chi connectivity index (χ0n) is 36.7. The maximum Gasteiger partial charge on any atom is 0.116 e. The smallest absolute Gasteiger partial charge is 0.116 e. The van der Waals surface area contributed by atoms with Crippen LogP contribution in [0.3, 0.4) is 0 Å². The van der Waals surface area contributed by atoms with Crippen molar-refractivity contribution in [1.29, 1.82) is 0 Å². The first kappa shape index (κ1) is 20.8. The summed E-state index contributed by atoms with van der Waals surface area (Å²) in [7, 11) is 0. The lowest BCUT2D eigenvalue weighted by Gasteiger charge is -2.08. The molecule has 0 amide bonds. The van der Waals surface area contributed by atoms with Crippen molar-refractivity contribution in [3.8, 4) is 28.1 Å². The van der Waals surface area contributed by atoms with Gasteiger partial charge in [0, 0.05) is 72.5 Å². The Morgan fingerprint density at radius 3 is 2.31 bits per heavy atom. The summed E-state index contributed by atoms with van der Waals surface area (Å²) in [6, 6.07) is 25.3. The molecule has 7 aromatic carbocycles. The largest absolute Gasteiger partial charge is 0.309 e. The molecule has 0 N–H and O–H groups in total. The third kappa shape index (κ3) is 4.00. The maximum absolute atomic E-state index is 9.65. The fourth-order valence-corrected chi connectivity index (χ4v) is 11.0. The van der Waals surface area contributed by atoms with Crippen LogP contribution in [0.5, 0.6) is 0 Å². The van der Waals surface area contributed by atoms with Crippen LogP contribution in [0.2, 0.25) is 0 Å². The number of nitrogens with zero attached hydrogens (tertiary/aromatic N) is 3. The Kier molecular flexibility index (Phi) is 4.32. The van der Waals surface area contributed by atoms with Crippen LogP contribution < -0.4 is 0 Å². The van der Waals surface area contributed by atoms with Gasteiger partial charge >= 0.3 is 0 Å². The number of thiophene rings is 3. The number of aromatic nitrogens is 3. The van der Waals surface area contributed by atoms with E-state index in [9.17, 15) is 1.37 Å². The topological polar surface area (TPSA) is 30.7 Å². The second-order valence-electron chi connectivity index (χ2n) is 12.5. The molecule has 0 aliphatic rings. The van der Waals surface area contributed by atoms with Crippen LogP contribution in [0.1, 0.15) is 13.7 Å². The molecule has 3 nitrogen and oxygen atoms in total. The molecule has 0 spiro atoms. The van der Waals surface area contributed by atoms with Crippen LogP contribution in [0.15, 0.2) is 152 Å². The lowest BCUT2D eigenvalue weighted by Crippen LogP contribution is -1.93. The lowest BCUT2D eigenvalue weighted by molar-refractivity contribution is 1.19. The van der Waals surface area contributed by atoms with E-state index >= 15 is 0 Å². The zero-order chi connectivity index (χ0) is 42.6. The third-order valence-electron chi connectivity index (χ3n) is 9.78. The average molecular weight is 726 g/mol. The SMILES string of the molecule is [2H]c1cc([2H])c(-c2c([2H])c([2H])c([2H])c3c2sc2c([2H])c([2H])c([2H])c([2H])c23)c([2H])c1-c1ncnc2c1sc1ccc(-n3c4ccccc4c4c5sc6ccccc6c5ccc43)cc12. The molecule has 0 aliphatic heterocycles. The molecule has 242 valence electrons. The second kappa shape index (κ2) is 10.8. The van der Waals surface area contributed by atoms with Crippen molar-refractivity contribution in [3.63, 3.8) is 0 Å². The molecule has 0 aliphatic carbocycles. The minimum Gasteiger partial charge on any atom is -0.309 e. The van der Waals surface area contributed by atoms with E-state index in [2.05, 4.69) is 82.3 Å². The summed E-state index contributed by atoms with van der Waals surface area (Å²) < 4.78 is 95.1. The van der Waals surface area contributed by atoms with Gasteiger partial charge in [-0.3, -0.25) is 0 Å². The Bertz CT molecular complexity index is 4020. The predicted molar refractivity (Wildman–Crippen MR) is 226 cm³/mol. The summed E-state index contributed by atoms with van der Waals surface area (Å²) in [5.74, 6) is 0. The fraction of sp³-hybridized carbons (Fsp3) is 0. The standard InChI is InChI=1S/C46H25N3S3/c1-4-16-36-34(13-1)41-37(21-20-33-31-12-3-6-18-39(31)51-45(33)41)49(36)28-19-22-40-35(24-28)43-46(52-40)42(47-25-48-43)27-10-7-9-26(23-27)29-14-8-15-32-30-11-2-5-17-38(30)50-44(29)32/h1-25H/i2D,5D,8D,9D,10D,11D,14D,15D,17D,23D. The Morgan fingerprint density at radius 2 is 1.33 bits per heavy atom. The summed E-state index contributed by atoms with van der Waals surface area (Å²) in [6.45, 7) is 0. The monoisotopic (exact) mass is 725 g/mol. The predicted octanol–water partition coefficient (Wildman–Crippen LogP) is 14.0. The van der Waals surface area contributed by atoms with Gasteiger partial charge in [-0.15, -0.1) is 34.0 Å². The van der Waals surface area contributed by atoms with Crippen LogP contribution in [0.4, 0.5) is 0 Å². The van der Waals surface area contributed by atoms with Gasteiger partial charge < -0.3 is 4.57 Å². The van der Waals surface area contributed by atoms with Gasteiger partial charge in [-0.2, -0.15) is 0 Å². The van der Waals surface area contributed by atoms with E-state index < -0.39 is 24.2 Å². The molecule has 5 heterocycles. The van der Waals surface area contributed by atoms with E-state index in [1.54, 1.807) is 11.3 Å². The molecule has 0 atom stereocenters. The number of benzene rings is 7. The second-order valence-corrected chi connectivity index (χ2v) is 15.7. The van der Waals surface area contributed by atoms with E-state index in [4.69, 9.17) is 17.3 Å². The van der Waals surface area contributed by atoms with E-state index in [1.807, 2.05) is 6.07 Å². The molecule has 12 aromatic rings. The van der Waals surface area contributed by atoms with Crippen LogP contribution in [-0.4, -0.2) is 14.5 Å². The number of fused-ring (bicyclic) bond motifs is 13. The molecule has 5 aromatic heterocycles. The fourth-order valence-electron chi connectivity index (χ4n) is 7.54. The first-order valence-electron chi connectivity index (χ1n) is 21.5. The summed E-state index contributed by atoms with van der Waals surface area (Å²) in [4.78, 5) is 9.39. The molecule has 0 unspecified atom stereocenters. The first-order chi connectivity index (χ1) is 29.9. The highest BCUT2D eigenvalue weighted by Crippen LogP contribution is 2.45. The molecule has 0 fully saturated rings. The Hall–Kier alpha value is -5.92. The van der Waals surface area contributed by atoms with Crippen LogP contribution >= 0.6 is 34.0 Å². The normalized spacial score (nSPS) is 14.9. The number of hydrogen-bond donors (Lipinski definition) is 0. The van der Waals surface area contributed by atoms with E-state index in [0.29, 0.717) is 15.9 Å². The summed E-state index contributed by atoms with van der Waals surface area (Å²) in [6.07, 6.45) is 1.40. The molecule has 0 saturated heterocycles. The van der Waals surface area contributed by atoms with Crippen molar-refractivity contribution in [2.75, 3.05) is 0 Å². The van der Waals surface area contributed by atoms with Gasteiger partial charge in [0.25, 0.3) is 0 Å². The van der Waals surface area contributed by atoms with Crippen molar-refractivity contribution < 1.29 is 13.7 Å². The number of para-hydroxylation sites is 1. The van der Waals surface area contributed by atoms with Crippen molar-refractivity contribution in [1.82, 2.24) is 14.5 Å². The van der Waals surface area contributed by atoms with Crippen LogP contribution in [0, 0.1) is 0 Å². The maximum atomic E-state index is 9.65. The number of rotatable bonds is 3. The summed E-state index contributed by atoms with van der Waals surface area (Å²) >= 11 is 4.17. The lowest BCUT2D eigenvalue weighted by atomic mass is 9.99. The highest BCUT2D eigenvalue weighted by molar-refractivity contribution is 7.27. The van der Waals surface area contributed by atoms with Gasteiger partial charge in [-0.05, 0) is 59.6 Å². The van der Waals surface area contributed by atoms with Gasteiger partial charge in [-0.1, -0.05) is 96.9 Å². The molecular formula is C46H25N3S3. The van der Waals surface area contributed by atoms with Crippen LogP contribution in [-0.2, 0) is 0 Å². The quantitative estimate of drug-likeness (QED) is 0.182. The minimum atomic E-state index is -0.504. The molecule has 6 heteroatoms. The van der Waals surface area contributed by atoms with E-state index in [-0.39, 0.29) is 73.1 Å². The number of hydrogen-bond acceptors (Lipinski definition) is 5. The summed E-state index contributed by atoms with van der Waals surface area (Å²) in [5.41, 5.74) is 4.04. The highest BCUT2D eigenvalue weighted by Gasteiger charge is 2.20. The molecule has 0 radical (unpaired) electrons. The van der Waals surface area contributed by atoms with Gasteiger partial charge in [0.05, 0.1) is 40.7 Å². The molecule has 0 saturated carbocycles. The Labute approximate surface area is 323 Å². The summed E-state index contributed by atoms with van der Waals surface area (Å²) in [5, 5.41) is 5.79. The van der Waals surface area contributed by atoms with Crippen molar-refractivity contribution in [2.45, 2.75) is 0 Å². The third-order valence-corrected chi connectivity index (χ3v) is 13.3. The molecule has 12 rings (SSSR count). The van der Waals surface area contributed by atoms with Crippen molar-refractivity contribution in [3.05, 3.63) is 152 Å². The van der Waals surface area contributed by atoms with Gasteiger partial charge in [-0.25, -0.2) is 9.97 Å². The van der Waals surface area contributed by atoms with Gasteiger partial charge in [0.15, 0.2) is 0 Å². The average Bonchev–Trinajstić information content (AvgIpc) is 4.04. The van der Waals surface area contributed by atoms with Crippen LogP contribution in [0.25, 0.3) is 111 Å². The molecular weight excluding hydrogens is 691 g/mol. The molecule has 52 heavy (non-hydrogen) atoms.